The number of benzene rings is 1. The number of hydrogen-bond donors (Lipinski definition) is 2. The Morgan fingerprint density at radius 3 is 2.59 bits per heavy atom. The molecule has 0 heterocycles. The van der Waals surface area contributed by atoms with E-state index in [0.29, 0.717) is 0 Å². The van der Waals surface area contributed by atoms with E-state index in [0.717, 1.165) is 12.1 Å². The van der Waals surface area contributed by atoms with E-state index in [4.69, 9.17) is 10.4 Å². The monoisotopic (exact) mass is 236 g/mol. The van der Waals surface area contributed by atoms with Crippen molar-refractivity contribution in [1.29, 1.82) is 5.26 Å². The minimum Gasteiger partial charge on any atom is -0.479 e. The summed E-state index contributed by atoms with van der Waals surface area (Å²) in [5.41, 5.74) is -0.694. The van der Waals surface area contributed by atoms with Gasteiger partial charge in [-0.2, -0.15) is 5.26 Å². The number of hydrogen-bond acceptors (Lipinski definition) is 5. The summed E-state index contributed by atoms with van der Waals surface area (Å²) in [5, 5.41) is 37.5. The van der Waals surface area contributed by atoms with Crippen LogP contribution in [0.2, 0.25) is 0 Å². The molecule has 0 aliphatic carbocycles. The van der Waals surface area contributed by atoms with E-state index in [1.54, 1.807) is 6.07 Å². The van der Waals surface area contributed by atoms with Gasteiger partial charge in [0.05, 0.1) is 16.6 Å². The lowest BCUT2D eigenvalue weighted by Crippen LogP contribution is -2.14. The van der Waals surface area contributed by atoms with Crippen molar-refractivity contribution < 1.29 is 19.9 Å². The standard InChI is InChI=1S/C10H8N2O5/c1-5-7(12(16)17)3-2-6(4-11)8(5)9(13)10(14)15/h2-3,9,13H,1H3,(H,14,15). The van der Waals surface area contributed by atoms with Crippen LogP contribution in [0.25, 0.3) is 0 Å². The first-order valence-corrected chi connectivity index (χ1v) is 4.49. The summed E-state index contributed by atoms with van der Waals surface area (Å²) in [6.07, 6.45) is -1.95. The highest BCUT2D eigenvalue weighted by atomic mass is 16.6. The molecule has 0 amide bonds. The van der Waals surface area contributed by atoms with Gasteiger partial charge in [-0.1, -0.05) is 0 Å². The predicted octanol–water partition coefficient (Wildman–Crippen LogP) is 0.893. The molecule has 0 radical (unpaired) electrons. The van der Waals surface area contributed by atoms with Gasteiger partial charge < -0.3 is 10.2 Å². The number of carbonyl (C=O) groups is 1. The van der Waals surface area contributed by atoms with E-state index in [-0.39, 0.29) is 22.4 Å². The maximum atomic E-state index is 10.7. The molecule has 1 aromatic carbocycles. The third-order valence-corrected chi connectivity index (χ3v) is 2.31. The van der Waals surface area contributed by atoms with Gasteiger partial charge in [0, 0.05) is 17.2 Å². The van der Waals surface area contributed by atoms with Gasteiger partial charge in [0.2, 0.25) is 0 Å². The zero-order valence-electron chi connectivity index (χ0n) is 8.75. The van der Waals surface area contributed by atoms with E-state index in [1.165, 1.54) is 6.92 Å². The molecule has 0 spiro atoms. The summed E-state index contributed by atoms with van der Waals surface area (Å²) in [4.78, 5) is 20.6. The first-order valence-electron chi connectivity index (χ1n) is 4.49. The molecule has 0 aliphatic heterocycles. The fraction of sp³-hybridized carbons (Fsp3) is 0.200. The number of nitriles is 1. The molecular weight excluding hydrogens is 228 g/mol. The summed E-state index contributed by atoms with van der Waals surface area (Å²) in [6, 6.07) is 3.91. The Kier molecular flexibility index (Phi) is 3.40. The number of aliphatic hydroxyl groups excluding tert-OH is 1. The molecule has 0 saturated carbocycles. The molecule has 0 saturated heterocycles. The first kappa shape index (κ1) is 12.6. The first-order chi connectivity index (χ1) is 7.90. The Hall–Kier alpha value is -2.46. The number of carboxylic acid groups (broad SMARTS) is 1. The highest BCUT2D eigenvalue weighted by Gasteiger charge is 2.26. The molecule has 0 fully saturated rings. The van der Waals surface area contributed by atoms with Gasteiger partial charge in [0.1, 0.15) is 0 Å². The van der Waals surface area contributed by atoms with E-state index >= 15 is 0 Å². The average Bonchev–Trinajstić information content (AvgIpc) is 2.26. The average molecular weight is 236 g/mol. The molecule has 1 aromatic rings. The highest BCUT2D eigenvalue weighted by molar-refractivity contribution is 5.76. The quantitative estimate of drug-likeness (QED) is 0.593. The zero-order valence-corrected chi connectivity index (χ0v) is 8.75. The Balaban J connectivity index is 3.55. The Bertz CT molecular complexity index is 532. The third-order valence-electron chi connectivity index (χ3n) is 2.31. The third kappa shape index (κ3) is 2.21. The van der Waals surface area contributed by atoms with Crippen molar-refractivity contribution in [3.63, 3.8) is 0 Å². The molecule has 2 N–H and O–H groups in total. The van der Waals surface area contributed by atoms with Crippen LogP contribution in [0.1, 0.15) is 22.8 Å². The van der Waals surface area contributed by atoms with Crippen LogP contribution in [0.5, 0.6) is 0 Å². The van der Waals surface area contributed by atoms with Crippen LogP contribution in [0.3, 0.4) is 0 Å². The van der Waals surface area contributed by atoms with Gasteiger partial charge in [-0.3, -0.25) is 10.1 Å². The Morgan fingerprint density at radius 2 is 2.18 bits per heavy atom. The molecule has 0 aromatic heterocycles. The molecule has 0 aliphatic rings. The van der Waals surface area contributed by atoms with Crippen LogP contribution < -0.4 is 0 Å². The number of aliphatic carboxylic acids is 1. The molecule has 1 atom stereocenters. The maximum Gasteiger partial charge on any atom is 0.337 e. The van der Waals surface area contributed by atoms with E-state index in [1.807, 2.05) is 0 Å². The van der Waals surface area contributed by atoms with Gasteiger partial charge in [-0.25, -0.2) is 4.79 Å². The number of nitro groups is 1. The van der Waals surface area contributed by atoms with Crippen LogP contribution in [0.15, 0.2) is 12.1 Å². The lowest BCUT2D eigenvalue weighted by molar-refractivity contribution is -0.385. The van der Waals surface area contributed by atoms with Gasteiger partial charge in [0.15, 0.2) is 6.10 Å². The van der Waals surface area contributed by atoms with Crippen molar-refractivity contribution in [2.45, 2.75) is 13.0 Å². The number of rotatable bonds is 3. The lowest BCUT2D eigenvalue weighted by atomic mass is 9.96. The second-order valence-corrected chi connectivity index (χ2v) is 3.28. The molecule has 1 unspecified atom stereocenters. The van der Waals surface area contributed by atoms with Crippen LogP contribution in [0.4, 0.5) is 5.69 Å². The molecule has 17 heavy (non-hydrogen) atoms. The van der Waals surface area contributed by atoms with Gasteiger partial charge in [-0.15, -0.1) is 0 Å². The fourth-order valence-electron chi connectivity index (χ4n) is 1.49. The fourth-order valence-corrected chi connectivity index (χ4v) is 1.49. The molecule has 7 nitrogen and oxygen atoms in total. The number of nitrogens with zero attached hydrogens (tertiary/aromatic N) is 2. The Labute approximate surface area is 95.7 Å². The number of nitro benzene ring substituents is 1. The number of aliphatic hydroxyl groups is 1. The van der Waals surface area contributed by atoms with Crippen LogP contribution in [0, 0.1) is 28.4 Å². The predicted molar refractivity (Wildman–Crippen MR) is 55.1 cm³/mol. The number of carboxylic acids is 1. The SMILES string of the molecule is Cc1c([N+](=O)[O-])ccc(C#N)c1C(O)C(=O)O. The van der Waals surface area contributed by atoms with Crippen LogP contribution in [-0.2, 0) is 4.79 Å². The van der Waals surface area contributed by atoms with E-state index < -0.39 is 17.0 Å². The topological polar surface area (TPSA) is 124 Å². The molecule has 1 rings (SSSR count). The minimum absolute atomic E-state index is 0.0241. The summed E-state index contributed by atoms with van der Waals surface area (Å²) in [7, 11) is 0. The summed E-state index contributed by atoms with van der Waals surface area (Å²) >= 11 is 0. The van der Waals surface area contributed by atoms with Crippen molar-refractivity contribution >= 4 is 11.7 Å². The summed E-state index contributed by atoms with van der Waals surface area (Å²) < 4.78 is 0. The van der Waals surface area contributed by atoms with E-state index in [9.17, 15) is 20.0 Å². The van der Waals surface area contributed by atoms with Crippen molar-refractivity contribution in [3.8, 4) is 6.07 Å². The zero-order chi connectivity index (χ0) is 13.2. The smallest absolute Gasteiger partial charge is 0.337 e. The van der Waals surface area contributed by atoms with Crippen molar-refractivity contribution in [1.82, 2.24) is 0 Å². The highest BCUT2D eigenvalue weighted by Crippen LogP contribution is 2.29. The molecular formula is C10H8N2O5. The van der Waals surface area contributed by atoms with Crippen molar-refractivity contribution in [2.75, 3.05) is 0 Å². The molecule has 88 valence electrons. The Morgan fingerprint density at radius 1 is 1.59 bits per heavy atom. The maximum absolute atomic E-state index is 10.7. The normalized spacial score (nSPS) is 11.6. The van der Waals surface area contributed by atoms with Gasteiger partial charge in [0.25, 0.3) is 5.69 Å². The lowest BCUT2D eigenvalue weighted by Gasteiger charge is -2.11. The van der Waals surface area contributed by atoms with Gasteiger partial charge >= 0.3 is 5.97 Å². The molecule has 7 heteroatoms. The summed E-state index contributed by atoms with van der Waals surface area (Å²) in [5.74, 6) is -1.56. The van der Waals surface area contributed by atoms with E-state index in [2.05, 4.69) is 0 Å². The van der Waals surface area contributed by atoms with Crippen molar-refractivity contribution in [2.24, 2.45) is 0 Å². The van der Waals surface area contributed by atoms with Gasteiger partial charge in [-0.05, 0) is 13.0 Å². The minimum atomic E-state index is -1.95. The second kappa shape index (κ2) is 4.59. The van der Waals surface area contributed by atoms with Crippen LogP contribution in [-0.4, -0.2) is 21.1 Å². The van der Waals surface area contributed by atoms with Crippen molar-refractivity contribution in [3.05, 3.63) is 38.9 Å². The molecule has 0 bridgehead atoms. The largest absolute Gasteiger partial charge is 0.479 e. The van der Waals surface area contributed by atoms with Crippen LogP contribution >= 0.6 is 0 Å². The summed E-state index contributed by atoms with van der Waals surface area (Å²) in [6.45, 7) is 1.29. The second-order valence-electron chi connectivity index (χ2n) is 3.28.